The van der Waals surface area contributed by atoms with Gasteiger partial charge in [0, 0.05) is 5.41 Å². The van der Waals surface area contributed by atoms with E-state index in [4.69, 9.17) is 9.31 Å². The Balaban J connectivity index is 2.28. The molecule has 0 aromatic rings. The first-order chi connectivity index (χ1) is 6.39. The van der Waals surface area contributed by atoms with E-state index < -0.39 is 12.5 Å². The van der Waals surface area contributed by atoms with Gasteiger partial charge in [-0.25, -0.2) is 0 Å². The number of hydrogen-bond acceptors (Lipinski definition) is 4. The Morgan fingerprint density at radius 2 is 2.21 bits per heavy atom. The predicted molar refractivity (Wildman–Crippen MR) is 50.3 cm³/mol. The molecular formula is C8H14BNO4. The standard InChI is InChI=1S/C8H14BNO4/c1-8(2,3)7(12)10-5-9-13-4-6(11)14-9/h4-5H2,1-3H3,(H,10,12). The molecule has 0 aromatic heterocycles. The molecule has 1 rings (SSSR count). The second-order valence-electron chi connectivity index (χ2n) is 4.19. The van der Waals surface area contributed by atoms with Gasteiger partial charge in [0.25, 0.3) is 0 Å². The molecule has 14 heavy (non-hydrogen) atoms. The zero-order valence-electron chi connectivity index (χ0n) is 8.62. The molecule has 78 valence electrons. The van der Waals surface area contributed by atoms with Gasteiger partial charge in [-0.15, -0.1) is 0 Å². The van der Waals surface area contributed by atoms with Gasteiger partial charge in [-0.05, 0) is 0 Å². The van der Waals surface area contributed by atoms with E-state index in [9.17, 15) is 9.59 Å². The molecule has 6 heteroatoms. The Kier molecular flexibility index (Phi) is 3.15. The summed E-state index contributed by atoms with van der Waals surface area (Å²) in [5.41, 5.74) is -0.442. The molecule has 1 fully saturated rings. The fourth-order valence-corrected chi connectivity index (χ4v) is 0.917. The fraction of sp³-hybridized carbons (Fsp3) is 0.750. The number of hydrogen-bond donors (Lipinski definition) is 1. The van der Waals surface area contributed by atoms with E-state index in [0.717, 1.165) is 0 Å². The number of carbonyl (C=O) groups is 2. The van der Waals surface area contributed by atoms with Crippen molar-refractivity contribution in [2.75, 3.05) is 13.1 Å². The van der Waals surface area contributed by atoms with Gasteiger partial charge in [-0.3, -0.25) is 9.59 Å². The minimum atomic E-state index is -0.631. The van der Waals surface area contributed by atoms with Crippen molar-refractivity contribution in [2.24, 2.45) is 5.41 Å². The molecule has 0 unspecified atom stereocenters. The van der Waals surface area contributed by atoms with Crippen LogP contribution in [-0.4, -0.2) is 32.0 Å². The zero-order chi connectivity index (χ0) is 10.8. The van der Waals surface area contributed by atoms with Crippen molar-refractivity contribution in [3.63, 3.8) is 0 Å². The molecule has 1 amide bonds. The predicted octanol–water partition coefficient (Wildman–Crippen LogP) is -0.250. The van der Waals surface area contributed by atoms with E-state index in [2.05, 4.69) is 5.32 Å². The third kappa shape index (κ3) is 3.03. The van der Waals surface area contributed by atoms with E-state index in [1.54, 1.807) is 0 Å². The number of rotatable bonds is 2. The summed E-state index contributed by atoms with van der Waals surface area (Å²) in [5.74, 6) is -0.482. The largest absolute Gasteiger partial charge is 0.548 e. The lowest BCUT2D eigenvalue weighted by Gasteiger charge is -2.17. The molecule has 0 bridgehead atoms. The van der Waals surface area contributed by atoms with Crippen LogP contribution < -0.4 is 5.32 Å². The third-order valence-corrected chi connectivity index (χ3v) is 1.76. The lowest BCUT2D eigenvalue weighted by Crippen LogP contribution is -2.41. The van der Waals surface area contributed by atoms with Crippen LogP contribution in [0.15, 0.2) is 0 Å². The SMILES string of the molecule is CC(C)(C)C(=O)NCB1OCC(=O)O1. The highest BCUT2D eigenvalue weighted by Gasteiger charge is 2.32. The molecule has 1 heterocycles. The molecule has 1 aliphatic heterocycles. The average Bonchev–Trinajstić information content (AvgIpc) is 2.45. The van der Waals surface area contributed by atoms with Crippen LogP contribution in [0.5, 0.6) is 0 Å². The van der Waals surface area contributed by atoms with Crippen LogP contribution in [-0.2, 0) is 18.9 Å². The number of nitrogens with one attached hydrogen (secondary N) is 1. The van der Waals surface area contributed by atoms with Crippen LogP contribution in [0, 0.1) is 5.41 Å². The molecule has 1 saturated heterocycles. The van der Waals surface area contributed by atoms with Crippen LogP contribution in [0.2, 0.25) is 0 Å². The number of amides is 1. The average molecular weight is 199 g/mol. The van der Waals surface area contributed by atoms with Crippen molar-refractivity contribution >= 4 is 19.0 Å². The Morgan fingerprint density at radius 1 is 1.57 bits per heavy atom. The maximum atomic E-state index is 11.4. The first-order valence-corrected chi connectivity index (χ1v) is 4.49. The Morgan fingerprint density at radius 3 is 2.64 bits per heavy atom. The molecule has 1 N–H and O–H groups in total. The number of carbonyl (C=O) groups excluding carboxylic acids is 2. The van der Waals surface area contributed by atoms with Crippen LogP contribution in [0.1, 0.15) is 20.8 Å². The maximum absolute atomic E-state index is 11.4. The maximum Gasteiger partial charge on any atom is 0.548 e. The first kappa shape index (κ1) is 11.0. The second-order valence-corrected chi connectivity index (χ2v) is 4.19. The van der Waals surface area contributed by atoms with Gasteiger partial charge in [-0.2, -0.15) is 0 Å². The summed E-state index contributed by atoms with van der Waals surface area (Å²) in [7, 11) is -0.631. The molecule has 1 aliphatic rings. The summed E-state index contributed by atoms with van der Waals surface area (Å²) in [6, 6.07) is 0. The van der Waals surface area contributed by atoms with Gasteiger partial charge in [-0.1, -0.05) is 20.8 Å². The first-order valence-electron chi connectivity index (χ1n) is 4.49. The zero-order valence-corrected chi connectivity index (χ0v) is 8.62. The highest BCUT2D eigenvalue weighted by molar-refractivity contribution is 6.49. The van der Waals surface area contributed by atoms with Gasteiger partial charge in [0.05, 0.1) is 6.44 Å². The monoisotopic (exact) mass is 199 g/mol. The lowest BCUT2D eigenvalue weighted by atomic mass is 9.89. The van der Waals surface area contributed by atoms with Crippen LogP contribution in [0.25, 0.3) is 0 Å². The molecule has 0 saturated carbocycles. The van der Waals surface area contributed by atoms with Gasteiger partial charge in [0.1, 0.15) is 6.61 Å². The summed E-state index contributed by atoms with van der Waals surface area (Å²) in [6.07, 6.45) is 0.210. The molecule has 0 aromatic carbocycles. The van der Waals surface area contributed by atoms with Crippen molar-refractivity contribution in [1.29, 1.82) is 0 Å². The Bertz CT molecular complexity index is 248. The van der Waals surface area contributed by atoms with Crippen molar-refractivity contribution in [3.05, 3.63) is 0 Å². The topological polar surface area (TPSA) is 64.6 Å². The van der Waals surface area contributed by atoms with E-state index in [0.29, 0.717) is 0 Å². The van der Waals surface area contributed by atoms with Gasteiger partial charge < -0.3 is 14.6 Å². The van der Waals surface area contributed by atoms with Crippen LogP contribution in [0.3, 0.4) is 0 Å². The molecule has 0 spiro atoms. The summed E-state index contributed by atoms with van der Waals surface area (Å²) in [4.78, 5) is 22.0. The summed E-state index contributed by atoms with van der Waals surface area (Å²) < 4.78 is 9.69. The Hall–Kier alpha value is -1.04. The summed E-state index contributed by atoms with van der Waals surface area (Å²) >= 11 is 0. The molecular weight excluding hydrogens is 185 g/mol. The third-order valence-electron chi connectivity index (χ3n) is 1.76. The Labute approximate surface area is 83.3 Å². The quantitative estimate of drug-likeness (QED) is 0.622. The van der Waals surface area contributed by atoms with Crippen molar-refractivity contribution in [1.82, 2.24) is 5.32 Å². The molecule has 0 radical (unpaired) electrons. The molecule has 0 atom stereocenters. The van der Waals surface area contributed by atoms with Crippen molar-refractivity contribution in [2.45, 2.75) is 20.8 Å². The highest BCUT2D eigenvalue weighted by Crippen LogP contribution is 2.12. The van der Waals surface area contributed by atoms with E-state index in [1.807, 2.05) is 20.8 Å². The van der Waals surface area contributed by atoms with Crippen molar-refractivity contribution in [3.8, 4) is 0 Å². The van der Waals surface area contributed by atoms with E-state index >= 15 is 0 Å². The normalized spacial score (nSPS) is 16.8. The lowest BCUT2D eigenvalue weighted by molar-refractivity contribution is -0.132. The molecule has 0 aliphatic carbocycles. The highest BCUT2D eigenvalue weighted by atomic mass is 16.7. The minimum absolute atomic E-state index is 0.0317. The second kappa shape index (κ2) is 4.00. The van der Waals surface area contributed by atoms with Gasteiger partial charge in [0.15, 0.2) is 0 Å². The van der Waals surface area contributed by atoms with Gasteiger partial charge >= 0.3 is 13.1 Å². The van der Waals surface area contributed by atoms with Crippen LogP contribution >= 0.6 is 0 Å². The smallest absolute Gasteiger partial charge is 0.507 e. The van der Waals surface area contributed by atoms with Crippen LogP contribution in [0.4, 0.5) is 0 Å². The van der Waals surface area contributed by atoms with E-state index in [1.165, 1.54) is 0 Å². The fourth-order valence-electron chi connectivity index (χ4n) is 0.917. The summed E-state index contributed by atoms with van der Waals surface area (Å²) in [6.45, 7) is 5.40. The summed E-state index contributed by atoms with van der Waals surface area (Å²) in [5, 5.41) is 2.64. The van der Waals surface area contributed by atoms with Crippen molar-refractivity contribution < 1.29 is 18.9 Å². The van der Waals surface area contributed by atoms with E-state index in [-0.39, 0.29) is 24.9 Å². The van der Waals surface area contributed by atoms with Gasteiger partial charge in [0.2, 0.25) is 5.91 Å². The molecule has 5 nitrogen and oxygen atoms in total. The minimum Gasteiger partial charge on any atom is -0.507 e.